The van der Waals surface area contributed by atoms with Gasteiger partial charge in [0.2, 0.25) is 11.9 Å². The molecule has 0 saturated carbocycles. The van der Waals surface area contributed by atoms with Crippen LogP contribution in [-0.4, -0.2) is 35.2 Å². The van der Waals surface area contributed by atoms with Gasteiger partial charge in [0.15, 0.2) is 11.5 Å². The molecule has 0 aliphatic rings. The molecule has 10 heteroatoms. The van der Waals surface area contributed by atoms with Crippen LogP contribution in [0.25, 0.3) is 22.0 Å². The van der Waals surface area contributed by atoms with Crippen molar-refractivity contribution in [3.8, 4) is 28.4 Å². The van der Waals surface area contributed by atoms with E-state index in [0.29, 0.717) is 44.2 Å². The van der Waals surface area contributed by atoms with Crippen molar-refractivity contribution in [3.05, 3.63) is 71.4 Å². The number of carbonyl (C=O) groups is 1. The van der Waals surface area contributed by atoms with Gasteiger partial charge in [0.05, 0.1) is 41.2 Å². The van der Waals surface area contributed by atoms with Crippen LogP contribution in [0.15, 0.2) is 61.3 Å². The molecule has 0 bridgehead atoms. The highest BCUT2D eigenvalue weighted by atomic mass is 35.5. The van der Waals surface area contributed by atoms with E-state index in [0.717, 1.165) is 6.08 Å². The minimum Gasteiger partial charge on any atom is -0.504 e. The number of para-hydroxylation sites is 1. The zero-order valence-corrected chi connectivity index (χ0v) is 20.2. The lowest BCUT2D eigenvalue weighted by molar-refractivity contribution is -0.111. The van der Waals surface area contributed by atoms with Gasteiger partial charge in [0.25, 0.3) is 0 Å². The number of methoxy groups -OCH3 is 2. The van der Waals surface area contributed by atoms with Crippen LogP contribution < -0.4 is 20.1 Å². The number of halogens is 2. The number of fused-ring (bicyclic) bond motifs is 1. The number of phenolic OH excluding ortho intramolecular Hbond substituents is 1. The average Bonchev–Trinajstić information content (AvgIpc) is 2.86. The van der Waals surface area contributed by atoms with Crippen LogP contribution in [0.1, 0.15) is 0 Å². The number of ether oxygens (including phenoxy) is 2. The number of nitrogens with one attached hydrogen (secondary N) is 2. The van der Waals surface area contributed by atoms with Crippen molar-refractivity contribution in [3.63, 3.8) is 0 Å². The molecule has 0 aliphatic heterocycles. The number of benzene rings is 3. The number of carbonyl (C=O) groups excluding carboxylic acids is 1. The zero-order valence-electron chi connectivity index (χ0n) is 18.7. The first kappa shape index (κ1) is 24.1. The van der Waals surface area contributed by atoms with E-state index in [-0.39, 0.29) is 28.4 Å². The van der Waals surface area contributed by atoms with Gasteiger partial charge in [0.1, 0.15) is 5.75 Å². The van der Waals surface area contributed by atoms with Crippen molar-refractivity contribution < 1.29 is 19.4 Å². The summed E-state index contributed by atoms with van der Waals surface area (Å²) in [5.41, 5.74) is 2.52. The smallest absolute Gasteiger partial charge is 0.247 e. The fourth-order valence-electron chi connectivity index (χ4n) is 3.47. The highest BCUT2D eigenvalue weighted by Crippen LogP contribution is 2.47. The predicted molar refractivity (Wildman–Crippen MR) is 138 cm³/mol. The number of aromatic hydroxyl groups is 1. The first-order valence-corrected chi connectivity index (χ1v) is 11.0. The van der Waals surface area contributed by atoms with Gasteiger partial charge in [-0.05, 0) is 35.9 Å². The molecule has 1 amide bonds. The third-order valence-electron chi connectivity index (χ3n) is 5.17. The summed E-state index contributed by atoms with van der Waals surface area (Å²) in [6.45, 7) is 3.46. The summed E-state index contributed by atoms with van der Waals surface area (Å²) < 4.78 is 10.6. The minimum absolute atomic E-state index is 0.107. The Morgan fingerprint density at radius 2 is 1.89 bits per heavy atom. The number of amides is 1. The summed E-state index contributed by atoms with van der Waals surface area (Å²) in [6, 6.07) is 11.9. The molecule has 35 heavy (non-hydrogen) atoms. The van der Waals surface area contributed by atoms with Gasteiger partial charge in [0, 0.05) is 23.2 Å². The number of nitrogens with zero attached hydrogens (tertiary/aromatic N) is 2. The summed E-state index contributed by atoms with van der Waals surface area (Å²) in [5.74, 6) is 0.391. The number of aromatic nitrogens is 2. The molecule has 3 N–H and O–H groups in total. The molecule has 3 aromatic carbocycles. The summed E-state index contributed by atoms with van der Waals surface area (Å²) in [5, 5.41) is 17.8. The quantitative estimate of drug-likeness (QED) is 0.254. The van der Waals surface area contributed by atoms with Crippen molar-refractivity contribution in [2.24, 2.45) is 0 Å². The van der Waals surface area contributed by atoms with Crippen molar-refractivity contribution in [1.29, 1.82) is 0 Å². The maximum Gasteiger partial charge on any atom is 0.247 e. The lowest BCUT2D eigenvalue weighted by Crippen LogP contribution is -2.10. The molecule has 0 fully saturated rings. The molecule has 1 aromatic heterocycles. The van der Waals surface area contributed by atoms with Crippen LogP contribution in [-0.2, 0) is 4.79 Å². The Morgan fingerprint density at radius 3 is 2.60 bits per heavy atom. The van der Waals surface area contributed by atoms with Crippen molar-refractivity contribution in [1.82, 2.24) is 9.97 Å². The van der Waals surface area contributed by atoms with E-state index < -0.39 is 0 Å². The van der Waals surface area contributed by atoms with Gasteiger partial charge in [-0.15, -0.1) is 0 Å². The van der Waals surface area contributed by atoms with Crippen LogP contribution in [0.2, 0.25) is 10.0 Å². The molecule has 0 spiro atoms. The molecule has 0 atom stereocenters. The predicted octanol–water partition coefficient (Wildman–Crippen LogP) is 6.19. The topological polar surface area (TPSA) is 106 Å². The molecule has 4 rings (SSSR count). The summed E-state index contributed by atoms with van der Waals surface area (Å²) in [4.78, 5) is 20.7. The van der Waals surface area contributed by atoms with Gasteiger partial charge in [-0.2, -0.15) is 0 Å². The lowest BCUT2D eigenvalue weighted by atomic mass is 10.0. The van der Waals surface area contributed by atoms with E-state index in [2.05, 4.69) is 27.2 Å². The van der Waals surface area contributed by atoms with E-state index in [1.165, 1.54) is 20.3 Å². The van der Waals surface area contributed by atoms with Gasteiger partial charge < -0.3 is 25.2 Å². The normalized spacial score (nSPS) is 10.6. The molecule has 1 heterocycles. The second-order valence-corrected chi connectivity index (χ2v) is 8.05. The number of anilines is 3. The number of phenols is 1. The molecule has 4 aromatic rings. The van der Waals surface area contributed by atoms with Gasteiger partial charge in [-0.25, -0.2) is 9.97 Å². The van der Waals surface area contributed by atoms with E-state index >= 15 is 0 Å². The summed E-state index contributed by atoms with van der Waals surface area (Å²) in [7, 11) is 2.93. The Kier molecular flexibility index (Phi) is 6.95. The van der Waals surface area contributed by atoms with Crippen molar-refractivity contribution in [2.45, 2.75) is 0 Å². The Balaban J connectivity index is 1.72. The number of rotatable bonds is 7. The molecule has 0 saturated heterocycles. The second kappa shape index (κ2) is 10.1. The SMILES string of the molecule is C=CC(=O)Nc1cccc(Cl)c1Nc1ncc2cc(-c3c(O)c(OC)cc(OC)c3Cl)ccc2n1. The molecule has 178 valence electrons. The van der Waals surface area contributed by atoms with Crippen LogP contribution in [0.4, 0.5) is 17.3 Å². The monoisotopic (exact) mass is 510 g/mol. The van der Waals surface area contributed by atoms with Crippen LogP contribution in [0, 0.1) is 0 Å². The highest BCUT2D eigenvalue weighted by molar-refractivity contribution is 6.35. The van der Waals surface area contributed by atoms with Crippen LogP contribution in [0.5, 0.6) is 17.2 Å². The fraction of sp³-hybridized carbons (Fsp3) is 0.0800. The third-order valence-corrected chi connectivity index (χ3v) is 5.86. The Hall–Kier alpha value is -4.01. The lowest BCUT2D eigenvalue weighted by Gasteiger charge is -2.15. The Bertz CT molecular complexity index is 1430. The summed E-state index contributed by atoms with van der Waals surface area (Å²) >= 11 is 12.8. The van der Waals surface area contributed by atoms with Crippen molar-refractivity contribution in [2.75, 3.05) is 24.9 Å². The maximum atomic E-state index is 11.8. The van der Waals surface area contributed by atoms with Crippen molar-refractivity contribution >= 4 is 57.3 Å². The largest absolute Gasteiger partial charge is 0.504 e. The molecular formula is C25H20Cl2N4O4. The van der Waals surface area contributed by atoms with E-state index in [1.54, 1.807) is 42.6 Å². The molecular weight excluding hydrogens is 491 g/mol. The number of hydrogen-bond donors (Lipinski definition) is 3. The first-order valence-electron chi connectivity index (χ1n) is 10.3. The first-order chi connectivity index (χ1) is 16.9. The molecule has 0 unspecified atom stereocenters. The van der Waals surface area contributed by atoms with Gasteiger partial charge >= 0.3 is 0 Å². The zero-order chi connectivity index (χ0) is 25.1. The van der Waals surface area contributed by atoms with Crippen LogP contribution >= 0.6 is 23.2 Å². The third kappa shape index (κ3) is 4.80. The van der Waals surface area contributed by atoms with E-state index in [9.17, 15) is 9.90 Å². The van der Waals surface area contributed by atoms with Gasteiger partial charge in [-0.1, -0.05) is 41.9 Å². The highest BCUT2D eigenvalue weighted by Gasteiger charge is 2.20. The standard InChI is InChI=1S/C25H20Cl2N4O4/c1-4-20(32)29-17-7-5-6-15(26)23(17)31-25-28-12-14-10-13(8-9-16(14)30-25)21-22(27)18(34-2)11-19(35-3)24(21)33/h4-12,33H,1H2,2-3H3,(H,29,32)(H,28,30,31). The average molecular weight is 511 g/mol. The van der Waals surface area contributed by atoms with Crippen LogP contribution in [0.3, 0.4) is 0 Å². The number of hydrogen-bond acceptors (Lipinski definition) is 7. The Labute approximate surface area is 211 Å². The minimum atomic E-state index is -0.377. The molecule has 8 nitrogen and oxygen atoms in total. The van der Waals surface area contributed by atoms with E-state index in [1.807, 2.05) is 0 Å². The second-order valence-electron chi connectivity index (χ2n) is 7.27. The Morgan fingerprint density at radius 1 is 1.11 bits per heavy atom. The molecule has 0 aliphatic carbocycles. The molecule has 0 radical (unpaired) electrons. The summed E-state index contributed by atoms with van der Waals surface area (Å²) in [6.07, 6.45) is 2.78. The van der Waals surface area contributed by atoms with Gasteiger partial charge in [-0.3, -0.25) is 4.79 Å². The van der Waals surface area contributed by atoms with E-state index in [4.69, 9.17) is 32.7 Å². The fourth-order valence-corrected chi connectivity index (χ4v) is 4.02. The maximum absolute atomic E-state index is 11.8.